The highest BCUT2D eigenvalue weighted by molar-refractivity contribution is 5.96. The Morgan fingerprint density at radius 2 is 1.95 bits per heavy atom. The van der Waals surface area contributed by atoms with Gasteiger partial charge in [0.15, 0.2) is 0 Å². The molecule has 6 heteroatoms. The van der Waals surface area contributed by atoms with Crippen molar-refractivity contribution >= 4 is 23.2 Å². The molecule has 0 radical (unpaired) electrons. The SMILES string of the molecule is CCNC(=O)c1ccc(N)c(NCC(C)(C)C(=O)NC)c1. The molecule has 1 aromatic rings. The van der Waals surface area contributed by atoms with Crippen molar-refractivity contribution in [2.75, 3.05) is 31.2 Å². The van der Waals surface area contributed by atoms with Crippen LogP contribution in [0.4, 0.5) is 11.4 Å². The van der Waals surface area contributed by atoms with Crippen molar-refractivity contribution in [1.29, 1.82) is 0 Å². The molecule has 0 unspecified atom stereocenters. The van der Waals surface area contributed by atoms with Crippen molar-refractivity contribution in [1.82, 2.24) is 10.6 Å². The number of anilines is 2. The second-order valence-corrected chi connectivity index (χ2v) is 5.48. The fourth-order valence-electron chi connectivity index (χ4n) is 1.85. The number of hydrogen-bond donors (Lipinski definition) is 4. The molecule has 0 aliphatic rings. The molecule has 21 heavy (non-hydrogen) atoms. The number of benzene rings is 1. The Hall–Kier alpha value is -2.24. The molecule has 1 rings (SSSR count). The molecule has 1 aromatic carbocycles. The zero-order chi connectivity index (χ0) is 16.0. The van der Waals surface area contributed by atoms with E-state index in [0.717, 1.165) is 0 Å². The number of carbonyl (C=O) groups is 2. The average Bonchev–Trinajstić information content (AvgIpc) is 2.45. The number of rotatable bonds is 6. The Morgan fingerprint density at radius 3 is 2.52 bits per heavy atom. The Labute approximate surface area is 125 Å². The molecule has 0 bridgehead atoms. The fraction of sp³-hybridized carbons (Fsp3) is 0.467. The van der Waals surface area contributed by atoms with Gasteiger partial charge in [-0.25, -0.2) is 0 Å². The highest BCUT2D eigenvalue weighted by Gasteiger charge is 2.26. The van der Waals surface area contributed by atoms with Crippen molar-refractivity contribution in [3.63, 3.8) is 0 Å². The van der Waals surface area contributed by atoms with E-state index in [9.17, 15) is 9.59 Å². The molecule has 0 spiro atoms. The number of carbonyl (C=O) groups excluding carboxylic acids is 2. The minimum atomic E-state index is -0.580. The highest BCUT2D eigenvalue weighted by atomic mass is 16.2. The Bertz CT molecular complexity index is 526. The maximum Gasteiger partial charge on any atom is 0.251 e. The van der Waals surface area contributed by atoms with Gasteiger partial charge >= 0.3 is 0 Å². The van der Waals surface area contributed by atoms with Gasteiger partial charge in [-0.1, -0.05) is 0 Å². The number of nitrogens with two attached hydrogens (primary N) is 1. The first-order valence-electron chi connectivity index (χ1n) is 6.95. The molecule has 0 atom stereocenters. The van der Waals surface area contributed by atoms with E-state index in [1.54, 1.807) is 25.2 Å². The standard InChI is InChI=1S/C15H24N4O2/c1-5-18-13(20)10-6-7-11(16)12(8-10)19-9-15(2,3)14(21)17-4/h6-8,19H,5,9,16H2,1-4H3,(H,17,21)(H,18,20). The predicted molar refractivity (Wildman–Crippen MR) is 85.2 cm³/mol. The molecule has 0 aliphatic heterocycles. The first kappa shape index (κ1) is 16.8. The van der Waals surface area contributed by atoms with E-state index in [4.69, 9.17) is 5.73 Å². The Balaban J connectivity index is 2.86. The average molecular weight is 292 g/mol. The predicted octanol–water partition coefficient (Wildman–Crippen LogP) is 1.20. The van der Waals surface area contributed by atoms with Gasteiger partial charge in [0.1, 0.15) is 0 Å². The van der Waals surface area contributed by atoms with Gasteiger partial charge in [0.2, 0.25) is 5.91 Å². The monoisotopic (exact) mass is 292 g/mol. The normalized spacial score (nSPS) is 10.9. The molecule has 0 aliphatic carbocycles. The third-order valence-electron chi connectivity index (χ3n) is 3.22. The summed E-state index contributed by atoms with van der Waals surface area (Å²) in [4.78, 5) is 23.6. The number of nitrogen functional groups attached to an aromatic ring is 1. The van der Waals surface area contributed by atoms with Gasteiger partial charge in [0.25, 0.3) is 5.91 Å². The maximum atomic E-state index is 11.8. The summed E-state index contributed by atoms with van der Waals surface area (Å²) in [5.41, 5.74) is 7.05. The summed E-state index contributed by atoms with van der Waals surface area (Å²) in [6.45, 7) is 6.51. The van der Waals surface area contributed by atoms with Crippen molar-refractivity contribution in [2.24, 2.45) is 5.41 Å². The molecular weight excluding hydrogens is 268 g/mol. The van der Waals surface area contributed by atoms with Gasteiger partial charge in [-0.15, -0.1) is 0 Å². The number of hydrogen-bond acceptors (Lipinski definition) is 4. The van der Waals surface area contributed by atoms with Gasteiger partial charge in [0.05, 0.1) is 16.8 Å². The summed E-state index contributed by atoms with van der Waals surface area (Å²) in [7, 11) is 1.61. The van der Waals surface area contributed by atoms with Crippen LogP contribution in [0.5, 0.6) is 0 Å². The van der Waals surface area contributed by atoms with Crippen LogP contribution in [0.15, 0.2) is 18.2 Å². The van der Waals surface area contributed by atoms with Gasteiger partial charge in [-0.3, -0.25) is 9.59 Å². The van der Waals surface area contributed by atoms with Crippen LogP contribution in [0.2, 0.25) is 0 Å². The third-order valence-corrected chi connectivity index (χ3v) is 3.22. The molecule has 2 amide bonds. The number of nitrogens with one attached hydrogen (secondary N) is 3. The van der Waals surface area contributed by atoms with Crippen LogP contribution in [0.3, 0.4) is 0 Å². The molecule has 0 fully saturated rings. The second-order valence-electron chi connectivity index (χ2n) is 5.48. The Morgan fingerprint density at radius 1 is 1.29 bits per heavy atom. The zero-order valence-electron chi connectivity index (χ0n) is 13.0. The molecule has 0 heterocycles. The van der Waals surface area contributed by atoms with E-state index in [0.29, 0.717) is 30.0 Å². The first-order valence-corrected chi connectivity index (χ1v) is 6.95. The second kappa shape index (κ2) is 6.97. The minimum absolute atomic E-state index is 0.0616. The van der Waals surface area contributed by atoms with Crippen LogP contribution in [-0.2, 0) is 4.79 Å². The van der Waals surface area contributed by atoms with Crippen LogP contribution < -0.4 is 21.7 Å². The van der Waals surface area contributed by atoms with Crippen LogP contribution in [0, 0.1) is 5.41 Å². The highest BCUT2D eigenvalue weighted by Crippen LogP contribution is 2.23. The summed E-state index contributed by atoms with van der Waals surface area (Å²) < 4.78 is 0. The lowest BCUT2D eigenvalue weighted by atomic mass is 9.92. The lowest BCUT2D eigenvalue weighted by molar-refractivity contribution is -0.128. The first-order chi connectivity index (χ1) is 9.81. The van der Waals surface area contributed by atoms with Crippen molar-refractivity contribution in [2.45, 2.75) is 20.8 Å². The maximum absolute atomic E-state index is 11.8. The van der Waals surface area contributed by atoms with Gasteiger partial charge < -0.3 is 21.7 Å². The lowest BCUT2D eigenvalue weighted by Crippen LogP contribution is -2.39. The molecule has 0 saturated carbocycles. The Kier molecular flexibility index (Phi) is 5.58. The molecule has 6 nitrogen and oxygen atoms in total. The van der Waals surface area contributed by atoms with E-state index < -0.39 is 5.41 Å². The van der Waals surface area contributed by atoms with Crippen molar-refractivity contribution < 1.29 is 9.59 Å². The van der Waals surface area contributed by atoms with Crippen LogP contribution >= 0.6 is 0 Å². The minimum Gasteiger partial charge on any atom is -0.397 e. The lowest BCUT2D eigenvalue weighted by Gasteiger charge is -2.24. The van der Waals surface area contributed by atoms with Crippen LogP contribution in [0.25, 0.3) is 0 Å². The quantitative estimate of drug-likeness (QED) is 0.592. The van der Waals surface area contributed by atoms with Gasteiger partial charge in [-0.05, 0) is 39.0 Å². The van der Waals surface area contributed by atoms with Crippen LogP contribution in [0.1, 0.15) is 31.1 Å². The summed E-state index contributed by atoms with van der Waals surface area (Å²) >= 11 is 0. The van der Waals surface area contributed by atoms with Crippen molar-refractivity contribution in [3.8, 4) is 0 Å². The van der Waals surface area contributed by atoms with E-state index in [1.807, 2.05) is 20.8 Å². The smallest absolute Gasteiger partial charge is 0.251 e. The van der Waals surface area contributed by atoms with E-state index >= 15 is 0 Å². The summed E-state index contributed by atoms with van der Waals surface area (Å²) in [6, 6.07) is 5.05. The van der Waals surface area contributed by atoms with Gasteiger partial charge in [-0.2, -0.15) is 0 Å². The summed E-state index contributed by atoms with van der Waals surface area (Å²) in [6.07, 6.45) is 0. The largest absolute Gasteiger partial charge is 0.397 e. The molecule has 0 saturated heterocycles. The summed E-state index contributed by atoms with van der Waals surface area (Å²) in [5.74, 6) is -0.209. The molecular formula is C15H24N4O2. The van der Waals surface area contributed by atoms with E-state index in [1.165, 1.54) is 0 Å². The van der Waals surface area contributed by atoms with E-state index in [-0.39, 0.29) is 11.8 Å². The third kappa shape index (κ3) is 4.37. The van der Waals surface area contributed by atoms with E-state index in [2.05, 4.69) is 16.0 Å². The van der Waals surface area contributed by atoms with Gasteiger partial charge in [0, 0.05) is 25.7 Å². The number of amides is 2. The zero-order valence-corrected chi connectivity index (χ0v) is 13.0. The molecule has 5 N–H and O–H groups in total. The molecule has 0 aromatic heterocycles. The van der Waals surface area contributed by atoms with Crippen LogP contribution in [-0.4, -0.2) is 32.0 Å². The topological polar surface area (TPSA) is 96.2 Å². The summed E-state index contributed by atoms with van der Waals surface area (Å²) in [5, 5.41) is 8.50. The fourth-order valence-corrected chi connectivity index (χ4v) is 1.85. The van der Waals surface area contributed by atoms with Crippen molar-refractivity contribution in [3.05, 3.63) is 23.8 Å². The molecule has 116 valence electrons.